The van der Waals surface area contributed by atoms with Crippen molar-refractivity contribution in [2.24, 2.45) is 11.8 Å². The average Bonchev–Trinajstić information content (AvgIpc) is 2.88. The smallest absolute Gasteiger partial charge is 0.146 e. The Morgan fingerprint density at radius 1 is 0.853 bits per heavy atom. The van der Waals surface area contributed by atoms with E-state index in [0.717, 1.165) is 42.0 Å². The summed E-state index contributed by atoms with van der Waals surface area (Å²) in [6, 6.07) is 18.3. The highest BCUT2D eigenvalue weighted by Gasteiger charge is 2.19. The predicted molar refractivity (Wildman–Crippen MR) is 144 cm³/mol. The number of halogens is 1. The summed E-state index contributed by atoms with van der Waals surface area (Å²) >= 11 is 0. The van der Waals surface area contributed by atoms with Crippen molar-refractivity contribution in [2.45, 2.75) is 71.6 Å². The molecule has 1 aliphatic carbocycles. The first kappa shape index (κ1) is 24.3. The van der Waals surface area contributed by atoms with Crippen LogP contribution in [-0.2, 0) is 12.8 Å². The molecule has 176 valence electrons. The van der Waals surface area contributed by atoms with Crippen LogP contribution in [0, 0.1) is 29.5 Å². The van der Waals surface area contributed by atoms with Gasteiger partial charge in [-0.05, 0) is 79.2 Å². The van der Waals surface area contributed by atoms with Gasteiger partial charge in [0.2, 0.25) is 0 Å². The van der Waals surface area contributed by atoms with Crippen molar-refractivity contribution in [1.29, 1.82) is 0 Å². The highest BCUT2D eigenvalue weighted by Crippen LogP contribution is 2.33. The molecule has 3 aromatic carbocycles. The Bertz CT molecular complexity index is 1160. The Labute approximate surface area is 205 Å². The Balaban J connectivity index is 1.37. The van der Waals surface area contributed by atoms with Gasteiger partial charge in [-0.15, -0.1) is 0 Å². The predicted octanol–water partition coefficient (Wildman–Crippen LogP) is 9.04. The zero-order valence-corrected chi connectivity index (χ0v) is 20.7. The maximum Gasteiger partial charge on any atom is 0.146 e. The lowest BCUT2D eigenvalue weighted by Gasteiger charge is -2.27. The molecule has 4 rings (SSSR count). The van der Waals surface area contributed by atoms with Gasteiger partial charge in [0.1, 0.15) is 5.82 Å². The molecule has 34 heavy (non-hydrogen) atoms. The molecule has 1 saturated carbocycles. The van der Waals surface area contributed by atoms with E-state index in [2.05, 4.69) is 61.2 Å². The monoisotopic (exact) mass is 452 g/mol. The lowest BCUT2D eigenvalue weighted by molar-refractivity contribution is 0.259. The second-order valence-corrected chi connectivity index (χ2v) is 9.87. The molecule has 0 saturated heterocycles. The van der Waals surface area contributed by atoms with Crippen LogP contribution in [0.1, 0.15) is 81.0 Å². The molecule has 0 heterocycles. The lowest BCUT2D eigenvalue weighted by atomic mass is 9.78. The number of benzene rings is 3. The van der Waals surface area contributed by atoms with E-state index < -0.39 is 0 Å². The molecule has 0 radical (unpaired) electrons. The molecule has 0 bridgehead atoms. The summed E-state index contributed by atoms with van der Waals surface area (Å²) in [6.07, 6.45) is 15.6. The Morgan fingerprint density at radius 3 is 2.32 bits per heavy atom. The summed E-state index contributed by atoms with van der Waals surface area (Å²) in [4.78, 5) is 0. The van der Waals surface area contributed by atoms with E-state index in [1.165, 1.54) is 49.7 Å². The standard InChI is InChI=1S/C33H37F/c1-3-5-6-7-29-19-23-32-31(24-29)22-21-30(33(32)34)20-18-28-16-14-27(15-17-28)13-12-26-10-8-25(4-2)9-11-26/h3,5,14-17,19,21-26H,4,6-13H2,1-2H3/b5-3+. The van der Waals surface area contributed by atoms with Gasteiger partial charge in [-0.2, -0.15) is 0 Å². The first-order chi connectivity index (χ1) is 16.7. The molecule has 0 aliphatic heterocycles. The summed E-state index contributed by atoms with van der Waals surface area (Å²) in [5, 5.41) is 1.58. The van der Waals surface area contributed by atoms with Gasteiger partial charge >= 0.3 is 0 Å². The van der Waals surface area contributed by atoms with Crippen LogP contribution in [0.4, 0.5) is 4.39 Å². The Kier molecular flexibility index (Phi) is 8.59. The molecule has 0 nitrogen and oxygen atoms in total. The van der Waals surface area contributed by atoms with Crippen LogP contribution >= 0.6 is 0 Å². The van der Waals surface area contributed by atoms with E-state index in [1.807, 2.05) is 31.2 Å². The minimum atomic E-state index is -0.223. The van der Waals surface area contributed by atoms with Crippen LogP contribution in [-0.4, -0.2) is 0 Å². The third-order valence-electron chi connectivity index (χ3n) is 7.53. The van der Waals surface area contributed by atoms with Crippen LogP contribution < -0.4 is 0 Å². The second kappa shape index (κ2) is 12.0. The first-order valence-electron chi connectivity index (χ1n) is 13.1. The summed E-state index contributed by atoms with van der Waals surface area (Å²) in [5.41, 5.74) is 4.01. The lowest BCUT2D eigenvalue weighted by Crippen LogP contribution is -2.14. The van der Waals surface area contributed by atoms with Crippen molar-refractivity contribution in [3.8, 4) is 11.8 Å². The molecular formula is C33H37F. The maximum absolute atomic E-state index is 15.1. The molecule has 0 atom stereocenters. The van der Waals surface area contributed by atoms with Crippen molar-refractivity contribution in [2.75, 3.05) is 0 Å². The highest BCUT2D eigenvalue weighted by molar-refractivity contribution is 5.85. The van der Waals surface area contributed by atoms with Gasteiger partial charge < -0.3 is 0 Å². The molecule has 3 aromatic rings. The highest BCUT2D eigenvalue weighted by atomic mass is 19.1. The zero-order chi connectivity index (χ0) is 23.8. The third-order valence-corrected chi connectivity index (χ3v) is 7.53. The van der Waals surface area contributed by atoms with Crippen molar-refractivity contribution >= 4 is 10.8 Å². The minimum Gasteiger partial charge on any atom is -0.205 e. The molecule has 0 N–H and O–H groups in total. The summed E-state index contributed by atoms with van der Waals surface area (Å²) in [7, 11) is 0. The molecule has 0 spiro atoms. The maximum atomic E-state index is 15.1. The summed E-state index contributed by atoms with van der Waals surface area (Å²) in [6.45, 7) is 4.36. The normalized spacial score (nSPS) is 18.2. The average molecular weight is 453 g/mol. The van der Waals surface area contributed by atoms with Gasteiger partial charge in [0.15, 0.2) is 0 Å². The Morgan fingerprint density at radius 2 is 1.59 bits per heavy atom. The Hall–Kier alpha value is -2.85. The van der Waals surface area contributed by atoms with E-state index >= 15 is 4.39 Å². The third kappa shape index (κ3) is 6.38. The molecule has 0 aromatic heterocycles. The largest absolute Gasteiger partial charge is 0.205 e. The van der Waals surface area contributed by atoms with E-state index in [4.69, 9.17) is 0 Å². The van der Waals surface area contributed by atoms with E-state index in [9.17, 15) is 0 Å². The van der Waals surface area contributed by atoms with Gasteiger partial charge in [0.05, 0.1) is 5.56 Å². The van der Waals surface area contributed by atoms with Crippen LogP contribution in [0.3, 0.4) is 0 Å². The molecule has 1 heteroatoms. The molecule has 1 aliphatic rings. The molecule has 0 unspecified atom stereocenters. The number of allylic oxidation sites excluding steroid dienone is 2. The van der Waals surface area contributed by atoms with Crippen molar-refractivity contribution in [3.05, 3.63) is 94.8 Å². The summed E-state index contributed by atoms with van der Waals surface area (Å²) < 4.78 is 15.1. The second-order valence-electron chi connectivity index (χ2n) is 9.87. The topological polar surface area (TPSA) is 0 Å². The van der Waals surface area contributed by atoms with E-state index in [-0.39, 0.29) is 5.82 Å². The fraction of sp³-hybridized carbons (Fsp3) is 0.394. The number of hydrogen-bond donors (Lipinski definition) is 0. The van der Waals surface area contributed by atoms with Gasteiger partial charge in [0.25, 0.3) is 0 Å². The minimum absolute atomic E-state index is 0.223. The SMILES string of the molecule is C/C=C/CCc1ccc2c(F)c(C#Cc3ccc(CCC4CCC(CC)CC4)cc3)ccc2c1. The zero-order valence-electron chi connectivity index (χ0n) is 20.7. The number of rotatable bonds is 7. The molecule has 0 amide bonds. The number of fused-ring (bicyclic) bond motifs is 1. The van der Waals surface area contributed by atoms with E-state index in [1.54, 1.807) is 0 Å². The van der Waals surface area contributed by atoms with Crippen molar-refractivity contribution in [3.63, 3.8) is 0 Å². The number of aryl methyl sites for hydroxylation is 2. The fourth-order valence-electron chi connectivity index (χ4n) is 5.20. The fourth-order valence-corrected chi connectivity index (χ4v) is 5.20. The van der Waals surface area contributed by atoms with Crippen LogP contribution in [0.2, 0.25) is 0 Å². The van der Waals surface area contributed by atoms with Gasteiger partial charge in [-0.3, -0.25) is 0 Å². The quantitative estimate of drug-likeness (QED) is 0.248. The number of hydrogen-bond acceptors (Lipinski definition) is 0. The van der Waals surface area contributed by atoms with Crippen molar-refractivity contribution < 1.29 is 4.39 Å². The summed E-state index contributed by atoms with van der Waals surface area (Å²) in [5.74, 6) is 7.85. The van der Waals surface area contributed by atoms with Gasteiger partial charge in [-0.25, -0.2) is 4.39 Å². The first-order valence-corrected chi connectivity index (χ1v) is 13.1. The molecule has 1 fully saturated rings. The van der Waals surface area contributed by atoms with Gasteiger partial charge in [0, 0.05) is 10.9 Å². The van der Waals surface area contributed by atoms with Crippen LogP contribution in [0.5, 0.6) is 0 Å². The molecular weight excluding hydrogens is 415 g/mol. The van der Waals surface area contributed by atoms with Gasteiger partial charge in [-0.1, -0.05) is 99.4 Å². The van der Waals surface area contributed by atoms with Crippen LogP contribution in [0.15, 0.2) is 66.7 Å². The van der Waals surface area contributed by atoms with E-state index in [0.29, 0.717) is 10.9 Å². The van der Waals surface area contributed by atoms with Crippen molar-refractivity contribution in [1.82, 2.24) is 0 Å². The van der Waals surface area contributed by atoms with Crippen LogP contribution in [0.25, 0.3) is 10.8 Å².